The highest BCUT2D eigenvalue weighted by atomic mass is 16.3. The summed E-state index contributed by atoms with van der Waals surface area (Å²) < 4.78 is 0. The second-order valence-electron chi connectivity index (χ2n) is 4.13. The summed E-state index contributed by atoms with van der Waals surface area (Å²) in [5.41, 5.74) is 0. The minimum absolute atomic E-state index is 0.187. The first-order valence-electron chi connectivity index (χ1n) is 5.00. The Morgan fingerprint density at radius 2 is 1.92 bits per heavy atom. The van der Waals surface area contributed by atoms with Crippen LogP contribution in [0.25, 0.3) is 0 Å². The van der Waals surface area contributed by atoms with Crippen LogP contribution in [-0.4, -0.2) is 17.0 Å². The van der Waals surface area contributed by atoms with Gasteiger partial charge >= 0.3 is 0 Å². The van der Waals surface area contributed by atoms with Crippen molar-refractivity contribution in [2.45, 2.75) is 44.6 Å². The molecule has 0 amide bonds. The van der Waals surface area contributed by atoms with Crippen molar-refractivity contribution in [3.63, 3.8) is 0 Å². The van der Waals surface area contributed by atoms with Crippen LogP contribution in [0, 0.1) is 11.8 Å². The van der Waals surface area contributed by atoms with Crippen molar-refractivity contribution in [1.82, 2.24) is 0 Å². The van der Waals surface area contributed by atoms with E-state index in [0.717, 1.165) is 12.8 Å². The van der Waals surface area contributed by atoms with E-state index in [1.165, 1.54) is 12.8 Å². The Kier molecular flexibility index (Phi) is 2.18. The Bertz CT molecular complexity index is 188. The monoisotopic (exact) mass is 168 g/mol. The lowest BCUT2D eigenvalue weighted by Crippen LogP contribution is -2.40. The number of carbonyl (C=O) groups is 1. The minimum Gasteiger partial charge on any atom is -0.393 e. The predicted molar refractivity (Wildman–Crippen MR) is 45.7 cm³/mol. The molecule has 0 heterocycles. The third-order valence-corrected chi connectivity index (χ3v) is 3.41. The largest absolute Gasteiger partial charge is 0.393 e. The zero-order valence-corrected chi connectivity index (χ0v) is 7.33. The number of hydrogen-bond donors (Lipinski definition) is 1. The summed E-state index contributed by atoms with van der Waals surface area (Å²) in [7, 11) is 0. The summed E-state index contributed by atoms with van der Waals surface area (Å²) in [5.74, 6) is 0.924. The Morgan fingerprint density at radius 1 is 1.17 bits per heavy atom. The van der Waals surface area contributed by atoms with Gasteiger partial charge in [-0.25, -0.2) is 0 Å². The average molecular weight is 168 g/mol. The lowest BCUT2D eigenvalue weighted by molar-refractivity contribution is -0.132. The fraction of sp³-hybridized carbons (Fsp3) is 0.900. The van der Waals surface area contributed by atoms with Gasteiger partial charge in [-0.15, -0.1) is 0 Å². The predicted octanol–water partition coefficient (Wildman–Crippen LogP) is 1.52. The first-order chi connectivity index (χ1) is 5.79. The number of hydrogen-bond acceptors (Lipinski definition) is 2. The molecular weight excluding hydrogens is 152 g/mol. The molecule has 0 aromatic carbocycles. The Morgan fingerprint density at radius 3 is 2.67 bits per heavy atom. The van der Waals surface area contributed by atoms with Gasteiger partial charge < -0.3 is 5.11 Å². The van der Waals surface area contributed by atoms with Gasteiger partial charge in [-0.05, 0) is 25.2 Å². The quantitative estimate of drug-likeness (QED) is 0.595. The van der Waals surface area contributed by atoms with Crippen LogP contribution in [0.1, 0.15) is 38.5 Å². The van der Waals surface area contributed by atoms with Crippen LogP contribution in [0.15, 0.2) is 0 Å². The van der Waals surface area contributed by atoms with Crippen LogP contribution in [-0.2, 0) is 4.79 Å². The first kappa shape index (κ1) is 8.24. The number of fused-ring (bicyclic) bond motifs is 1. The van der Waals surface area contributed by atoms with E-state index in [-0.39, 0.29) is 12.0 Å². The number of aliphatic hydroxyl groups is 1. The Balaban J connectivity index is 2.11. The highest BCUT2D eigenvalue weighted by Gasteiger charge is 2.38. The van der Waals surface area contributed by atoms with Gasteiger partial charge in [0.15, 0.2) is 0 Å². The molecule has 3 atom stereocenters. The summed E-state index contributed by atoms with van der Waals surface area (Å²) in [6, 6.07) is 0. The van der Waals surface area contributed by atoms with Crippen molar-refractivity contribution in [2.75, 3.05) is 0 Å². The van der Waals surface area contributed by atoms with E-state index in [1.54, 1.807) is 0 Å². The van der Waals surface area contributed by atoms with E-state index in [1.807, 2.05) is 0 Å². The van der Waals surface area contributed by atoms with Crippen molar-refractivity contribution in [3.05, 3.63) is 0 Å². The maximum absolute atomic E-state index is 11.5. The first-order valence-corrected chi connectivity index (χ1v) is 5.00. The molecule has 1 N–H and O–H groups in total. The third-order valence-electron chi connectivity index (χ3n) is 3.41. The fourth-order valence-corrected chi connectivity index (χ4v) is 2.71. The smallest absolute Gasteiger partial charge is 0.136 e. The van der Waals surface area contributed by atoms with Crippen LogP contribution in [0.5, 0.6) is 0 Å². The fourth-order valence-electron chi connectivity index (χ4n) is 2.71. The van der Waals surface area contributed by atoms with Crippen molar-refractivity contribution < 1.29 is 9.90 Å². The molecule has 0 saturated heterocycles. The van der Waals surface area contributed by atoms with Crippen molar-refractivity contribution in [3.8, 4) is 0 Å². The van der Waals surface area contributed by atoms with Crippen LogP contribution in [0.3, 0.4) is 0 Å². The number of ketones is 1. The van der Waals surface area contributed by atoms with Crippen LogP contribution < -0.4 is 0 Å². The molecule has 2 rings (SSSR count). The SMILES string of the molecule is O=C1CCC(O)[C@H]2CCCC[C@H]12. The Hall–Kier alpha value is -0.370. The molecule has 1 unspecified atom stereocenters. The number of aliphatic hydroxyl groups excluding tert-OH is 1. The number of rotatable bonds is 0. The summed E-state index contributed by atoms with van der Waals surface area (Å²) in [4.78, 5) is 11.5. The van der Waals surface area contributed by atoms with Gasteiger partial charge in [-0.3, -0.25) is 4.79 Å². The standard InChI is InChI=1S/C10H16O2/c11-9-5-6-10(12)8-4-2-1-3-7(8)9/h7-9,11H,1-6H2/t7-,8-,9?/m0/s1. The van der Waals surface area contributed by atoms with Gasteiger partial charge in [-0.1, -0.05) is 12.8 Å². The topological polar surface area (TPSA) is 37.3 Å². The van der Waals surface area contributed by atoms with E-state index in [9.17, 15) is 9.90 Å². The highest BCUT2D eigenvalue weighted by Crippen LogP contribution is 2.38. The van der Waals surface area contributed by atoms with Crippen molar-refractivity contribution in [1.29, 1.82) is 0 Å². The summed E-state index contributed by atoms with van der Waals surface area (Å²) in [6.45, 7) is 0. The van der Waals surface area contributed by atoms with Gasteiger partial charge in [-0.2, -0.15) is 0 Å². The molecule has 2 nitrogen and oxygen atoms in total. The van der Waals surface area contributed by atoms with Crippen molar-refractivity contribution in [2.24, 2.45) is 11.8 Å². The molecule has 2 heteroatoms. The van der Waals surface area contributed by atoms with E-state index >= 15 is 0 Å². The third kappa shape index (κ3) is 1.28. The van der Waals surface area contributed by atoms with Gasteiger partial charge in [0.25, 0.3) is 0 Å². The second-order valence-corrected chi connectivity index (χ2v) is 4.13. The van der Waals surface area contributed by atoms with E-state index in [2.05, 4.69) is 0 Å². The normalized spacial score (nSPS) is 42.4. The lowest BCUT2D eigenvalue weighted by Gasteiger charge is -2.37. The molecule has 0 radical (unpaired) electrons. The molecule has 2 aliphatic carbocycles. The zero-order valence-electron chi connectivity index (χ0n) is 7.33. The van der Waals surface area contributed by atoms with Gasteiger partial charge in [0.1, 0.15) is 5.78 Å². The maximum atomic E-state index is 11.5. The van der Waals surface area contributed by atoms with E-state index < -0.39 is 0 Å². The van der Waals surface area contributed by atoms with Gasteiger partial charge in [0.2, 0.25) is 0 Å². The van der Waals surface area contributed by atoms with Crippen LogP contribution >= 0.6 is 0 Å². The molecule has 2 saturated carbocycles. The summed E-state index contributed by atoms with van der Waals surface area (Å²) in [5, 5.41) is 9.67. The van der Waals surface area contributed by atoms with Crippen LogP contribution in [0.2, 0.25) is 0 Å². The van der Waals surface area contributed by atoms with Crippen LogP contribution in [0.4, 0.5) is 0 Å². The lowest BCUT2D eigenvalue weighted by atomic mass is 9.69. The van der Waals surface area contributed by atoms with Gasteiger partial charge in [0.05, 0.1) is 6.10 Å². The molecule has 0 aliphatic heterocycles. The number of carbonyl (C=O) groups excluding carboxylic acids is 1. The molecule has 12 heavy (non-hydrogen) atoms. The number of Topliss-reactive ketones (excluding diaryl/α,β-unsaturated/α-hetero) is 1. The maximum Gasteiger partial charge on any atom is 0.136 e. The summed E-state index contributed by atoms with van der Waals surface area (Å²) in [6.07, 6.45) is 5.61. The molecule has 0 aromatic heterocycles. The van der Waals surface area contributed by atoms with Gasteiger partial charge in [0, 0.05) is 12.3 Å². The van der Waals surface area contributed by atoms with E-state index in [0.29, 0.717) is 24.5 Å². The molecule has 68 valence electrons. The Labute approximate surface area is 73.0 Å². The molecule has 0 spiro atoms. The molecule has 0 aromatic rings. The van der Waals surface area contributed by atoms with Crippen molar-refractivity contribution >= 4 is 5.78 Å². The average Bonchev–Trinajstić information content (AvgIpc) is 2.12. The molecule has 2 fully saturated rings. The second kappa shape index (κ2) is 3.17. The molecular formula is C10H16O2. The zero-order chi connectivity index (χ0) is 8.55. The summed E-state index contributed by atoms with van der Waals surface area (Å²) >= 11 is 0. The molecule has 0 bridgehead atoms. The molecule has 2 aliphatic rings. The van der Waals surface area contributed by atoms with E-state index in [4.69, 9.17) is 0 Å². The minimum atomic E-state index is -0.187. The highest BCUT2D eigenvalue weighted by molar-refractivity contribution is 5.82.